The summed E-state index contributed by atoms with van der Waals surface area (Å²) in [7, 11) is -4.05. The lowest BCUT2D eigenvalue weighted by molar-refractivity contribution is -0.111. The fourth-order valence-electron chi connectivity index (χ4n) is 4.94. The fourth-order valence-corrected chi connectivity index (χ4v) is 6.48. The number of nitrogens with zero attached hydrogens (tertiary/aromatic N) is 2. The Balaban J connectivity index is 1.34. The van der Waals surface area contributed by atoms with Crippen molar-refractivity contribution in [2.45, 2.75) is 23.7 Å². The molecule has 8 nitrogen and oxygen atoms in total. The molecule has 0 bridgehead atoms. The van der Waals surface area contributed by atoms with Crippen molar-refractivity contribution in [1.82, 2.24) is 8.87 Å². The number of hydrogen-bond acceptors (Lipinski definition) is 6. The zero-order valence-electron chi connectivity index (χ0n) is 22.2. The zero-order chi connectivity index (χ0) is 28.0. The molecule has 3 N–H and O–H groups in total. The molecule has 2 heterocycles. The van der Waals surface area contributed by atoms with Crippen molar-refractivity contribution in [2.75, 3.05) is 37.3 Å². The van der Waals surface area contributed by atoms with Gasteiger partial charge in [-0.3, -0.25) is 4.79 Å². The Labute approximate surface area is 235 Å². The van der Waals surface area contributed by atoms with Crippen molar-refractivity contribution in [3.8, 4) is 0 Å². The minimum absolute atomic E-state index is 0.0490. The maximum atomic E-state index is 14.0. The molecule has 2 aromatic carbocycles. The van der Waals surface area contributed by atoms with E-state index in [1.54, 1.807) is 48.6 Å². The number of aromatic nitrogens is 1. The van der Waals surface area contributed by atoms with Crippen molar-refractivity contribution < 1.29 is 17.9 Å². The standard InChI is InChI=1S/C31H34N4O4S/c32-28-10-4-5-11-29(28)33-30(36)13-12-25-16-21-35(24-25)40(37,38)31(39-23-22-34-19-6-7-20-34)17-14-27(15-18-31)26-8-2-1-3-9-26/h1-5,8-18,21,24,27H,6-7,19-20,22-23,32H2,(H,33,36)/b13-12+. The Morgan fingerprint density at radius 3 is 2.45 bits per heavy atom. The van der Waals surface area contributed by atoms with Gasteiger partial charge in [-0.15, -0.1) is 0 Å². The molecular weight excluding hydrogens is 524 g/mol. The van der Waals surface area contributed by atoms with Gasteiger partial charge in [0.2, 0.25) is 10.8 Å². The Hall–Kier alpha value is -3.92. The first-order valence-electron chi connectivity index (χ1n) is 13.4. The lowest BCUT2D eigenvalue weighted by Crippen LogP contribution is -2.43. The van der Waals surface area contributed by atoms with Crippen LogP contribution in [0.25, 0.3) is 6.08 Å². The number of anilines is 2. The van der Waals surface area contributed by atoms with Crippen molar-refractivity contribution in [1.29, 1.82) is 0 Å². The number of likely N-dealkylation sites (tertiary alicyclic amines) is 1. The Morgan fingerprint density at radius 2 is 1.73 bits per heavy atom. The van der Waals surface area contributed by atoms with Crippen molar-refractivity contribution in [3.05, 3.63) is 115 Å². The molecule has 1 amide bonds. The van der Waals surface area contributed by atoms with E-state index in [9.17, 15) is 13.2 Å². The maximum absolute atomic E-state index is 14.0. The largest absolute Gasteiger partial charge is 0.397 e. The van der Waals surface area contributed by atoms with Crippen LogP contribution in [0.1, 0.15) is 29.9 Å². The van der Waals surface area contributed by atoms with Gasteiger partial charge in [0.15, 0.2) is 0 Å². The zero-order valence-corrected chi connectivity index (χ0v) is 23.0. The molecule has 1 fully saturated rings. The number of para-hydroxylation sites is 2. The fraction of sp³-hybridized carbons (Fsp3) is 0.258. The van der Waals surface area contributed by atoms with Gasteiger partial charge in [0.25, 0.3) is 10.0 Å². The number of nitrogen functional groups attached to an aromatic ring is 1. The third-order valence-corrected chi connectivity index (χ3v) is 9.19. The number of hydrogen-bond donors (Lipinski definition) is 2. The third kappa shape index (κ3) is 6.12. The summed E-state index contributed by atoms with van der Waals surface area (Å²) in [4.78, 5) is 13.0. The van der Waals surface area contributed by atoms with E-state index in [1.807, 2.05) is 42.5 Å². The van der Waals surface area contributed by atoms with E-state index >= 15 is 0 Å². The first-order valence-corrected chi connectivity index (χ1v) is 14.9. The van der Waals surface area contributed by atoms with Crippen LogP contribution in [0, 0.1) is 0 Å². The van der Waals surface area contributed by atoms with Crippen LogP contribution < -0.4 is 11.1 Å². The molecule has 1 saturated heterocycles. The van der Waals surface area contributed by atoms with Gasteiger partial charge in [-0.05, 0) is 73.5 Å². The van der Waals surface area contributed by atoms with Crippen LogP contribution in [0.15, 0.2) is 103 Å². The van der Waals surface area contributed by atoms with E-state index in [0.29, 0.717) is 23.5 Å². The van der Waals surface area contributed by atoms with Crippen LogP contribution in [0.3, 0.4) is 0 Å². The molecular formula is C31H34N4O4S. The second-order valence-electron chi connectivity index (χ2n) is 9.96. The molecule has 0 saturated carbocycles. The molecule has 2 aliphatic rings. The summed E-state index contributed by atoms with van der Waals surface area (Å²) in [5, 5.41) is 2.72. The number of allylic oxidation sites excluding steroid dienone is 2. The Bertz CT molecular complexity index is 1510. The smallest absolute Gasteiger partial charge is 0.276 e. The first kappa shape index (κ1) is 27.6. The number of carbonyl (C=O) groups excluding carboxylic acids is 1. The number of rotatable bonds is 10. The first-order chi connectivity index (χ1) is 19.4. The van der Waals surface area contributed by atoms with Crippen LogP contribution in [0.5, 0.6) is 0 Å². The molecule has 1 aromatic heterocycles. The van der Waals surface area contributed by atoms with Gasteiger partial charge in [0, 0.05) is 30.9 Å². The molecule has 1 aliphatic heterocycles. The lowest BCUT2D eigenvalue weighted by atomic mass is 9.94. The van der Waals surface area contributed by atoms with Crippen molar-refractivity contribution >= 4 is 33.4 Å². The summed E-state index contributed by atoms with van der Waals surface area (Å²) in [5.74, 6) is -0.424. The minimum Gasteiger partial charge on any atom is -0.397 e. The minimum atomic E-state index is -4.05. The van der Waals surface area contributed by atoms with Gasteiger partial charge in [-0.2, -0.15) is 0 Å². The van der Waals surface area contributed by atoms with Crippen LogP contribution in [0.4, 0.5) is 11.4 Å². The molecule has 3 aromatic rings. The highest BCUT2D eigenvalue weighted by molar-refractivity contribution is 7.91. The van der Waals surface area contributed by atoms with Crippen LogP contribution >= 0.6 is 0 Å². The van der Waals surface area contributed by atoms with Gasteiger partial charge in [0.05, 0.1) is 18.0 Å². The van der Waals surface area contributed by atoms with E-state index in [0.717, 1.165) is 35.5 Å². The Kier molecular flexibility index (Phi) is 8.35. The molecule has 5 rings (SSSR count). The quantitative estimate of drug-likeness (QED) is 0.214. The topological polar surface area (TPSA) is 107 Å². The number of benzene rings is 2. The van der Waals surface area contributed by atoms with E-state index < -0.39 is 15.0 Å². The second kappa shape index (κ2) is 12.1. The summed E-state index contributed by atoms with van der Waals surface area (Å²) in [5.41, 5.74) is 8.48. The molecule has 9 heteroatoms. The summed E-state index contributed by atoms with van der Waals surface area (Å²) < 4.78 is 35.4. The lowest BCUT2D eigenvalue weighted by Gasteiger charge is -2.32. The van der Waals surface area contributed by atoms with Gasteiger partial charge in [-0.25, -0.2) is 12.4 Å². The highest BCUT2D eigenvalue weighted by Gasteiger charge is 2.43. The van der Waals surface area contributed by atoms with E-state index in [-0.39, 0.29) is 18.4 Å². The molecule has 0 unspecified atom stereocenters. The predicted molar refractivity (Wildman–Crippen MR) is 159 cm³/mol. The van der Waals surface area contributed by atoms with Crippen LogP contribution in [-0.2, 0) is 19.6 Å². The number of amides is 1. The SMILES string of the molecule is Nc1ccccc1NC(=O)/C=C/c1ccn(S(=O)(=O)C2(OCCN3CCCC3)C=CC(c3ccccc3)C=C2)c1. The Morgan fingerprint density at radius 1 is 1.02 bits per heavy atom. The highest BCUT2D eigenvalue weighted by atomic mass is 32.2. The predicted octanol–water partition coefficient (Wildman–Crippen LogP) is 4.62. The van der Waals surface area contributed by atoms with Crippen LogP contribution in [-0.4, -0.2) is 54.4 Å². The maximum Gasteiger partial charge on any atom is 0.276 e. The number of nitrogens with two attached hydrogens (primary N) is 1. The van der Waals surface area contributed by atoms with Crippen molar-refractivity contribution in [3.63, 3.8) is 0 Å². The van der Waals surface area contributed by atoms with Gasteiger partial charge >= 0.3 is 0 Å². The summed E-state index contributed by atoms with van der Waals surface area (Å²) in [6.45, 7) is 2.95. The van der Waals surface area contributed by atoms with Gasteiger partial charge < -0.3 is 20.7 Å². The summed E-state index contributed by atoms with van der Waals surface area (Å²) in [6.07, 6.45) is 15.2. The average Bonchev–Trinajstić information content (AvgIpc) is 3.67. The van der Waals surface area contributed by atoms with E-state index in [1.165, 1.54) is 18.5 Å². The summed E-state index contributed by atoms with van der Waals surface area (Å²) in [6, 6.07) is 18.5. The number of nitrogens with one attached hydrogen (secondary N) is 1. The molecule has 208 valence electrons. The molecule has 1 aliphatic carbocycles. The van der Waals surface area contributed by atoms with Crippen molar-refractivity contribution in [2.24, 2.45) is 0 Å². The number of carbonyl (C=O) groups is 1. The van der Waals surface area contributed by atoms with Gasteiger partial charge in [0.1, 0.15) is 0 Å². The summed E-state index contributed by atoms with van der Waals surface area (Å²) >= 11 is 0. The van der Waals surface area contributed by atoms with E-state index in [4.69, 9.17) is 10.5 Å². The van der Waals surface area contributed by atoms with E-state index in [2.05, 4.69) is 10.2 Å². The highest BCUT2D eigenvalue weighted by Crippen LogP contribution is 2.34. The number of ether oxygens (including phenoxy) is 1. The molecule has 0 radical (unpaired) electrons. The normalized spacial score (nSPS) is 21.2. The molecule has 0 spiro atoms. The van der Waals surface area contributed by atoms with Crippen LogP contribution in [0.2, 0.25) is 0 Å². The second-order valence-corrected chi connectivity index (χ2v) is 12.0. The van der Waals surface area contributed by atoms with Gasteiger partial charge in [-0.1, -0.05) is 54.6 Å². The monoisotopic (exact) mass is 558 g/mol. The average molecular weight is 559 g/mol. The third-order valence-electron chi connectivity index (χ3n) is 7.21. The molecule has 0 atom stereocenters. The molecule has 40 heavy (non-hydrogen) atoms.